The average molecular weight is 579 g/mol. The smallest absolute Gasteiger partial charge is 0.323 e. The molecule has 4 N–H and O–H groups in total. The van der Waals surface area contributed by atoms with E-state index in [0.29, 0.717) is 43.6 Å². The van der Waals surface area contributed by atoms with E-state index in [1.165, 1.54) is 25.6 Å². The summed E-state index contributed by atoms with van der Waals surface area (Å²) < 4.78 is 2.10. The molecule has 1 aliphatic heterocycles. The number of carbonyl (C=O) groups excluding carboxylic acids is 2. The summed E-state index contributed by atoms with van der Waals surface area (Å²) in [4.78, 5) is 37.7. The molecule has 206 valence electrons. The van der Waals surface area contributed by atoms with Crippen LogP contribution < -0.4 is 16.4 Å². The highest BCUT2D eigenvalue weighted by molar-refractivity contribution is 6.35. The van der Waals surface area contributed by atoms with Crippen LogP contribution in [0.1, 0.15) is 54.1 Å². The number of nitrogens with one attached hydrogen (secondary N) is 2. The van der Waals surface area contributed by atoms with Gasteiger partial charge in [-0.2, -0.15) is 0 Å². The quantitative estimate of drug-likeness (QED) is 0.229. The third-order valence-corrected chi connectivity index (χ3v) is 8.31. The maximum atomic E-state index is 13.8. The van der Waals surface area contributed by atoms with E-state index < -0.39 is 6.03 Å². The minimum atomic E-state index is -0.495. The monoisotopic (exact) mass is 577 g/mol. The molecule has 2 aromatic heterocycles. The molecule has 4 aromatic rings. The summed E-state index contributed by atoms with van der Waals surface area (Å²) in [6.45, 7) is 2.08. The van der Waals surface area contributed by atoms with Gasteiger partial charge in [0.2, 0.25) is 0 Å². The second-order valence-electron chi connectivity index (χ2n) is 10.4. The number of nitrogens with two attached hydrogens (primary N) is 1. The fourth-order valence-electron chi connectivity index (χ4n) is 5.65. The van der Waals surface area contributed by atoms with Gasteiger partial charge in [0, 0.05) is 58.4 Å². The molecule has 3 heterocycles. The van der Waals surface area contributed by atoms with Gasteiger partial charge in [-0.05, 0) is 56.0 Å². The topological polar surface area (TPSA) is 118 Å². The SMILES string of the molecule is Nc1ncnc2c1c(C(=O)c1cccc(NC(=O)Nc3cc(Cl)cc(Cl)c3)c1)cn2C1CCN(C2CCC2)CC1. The lowest BCUT2D eigenvalue weighted by Crippen LogP contribution is -2.45. The van der Waals surface area contributed by atoms with Gasteiger partial charge in [-0.15, -0.1) is 0 Å². The highest BCUT2D eigenvalue weighted by Crippen LogP contribution is 2.35. The Hall–Kier alpha value is -3.66. The van der Waals surface area contributed by atoms with E-state index in [1.807, 2.05) is 6.20 Å². The van der Waals surface area contributed by atoms with E-state index >= 15 is 0 Å². The fourth-order valence-corrected chi connectivity index (χ4v) is 6.18. The summed E-state index contributed by atoms with van der Waals surface area (Å²) in [6.07, 6.45) is 9.22. The first-order valence-electron chi connectivity index (χ1n) is 13.4. The number of anilines is 3. The molecule has 0 unspecified atom stereocenters. The number of urea groups is 1. The molecule has 0 radical (unpaired) electrons. The summed E-state index contributed by atoms with van der Waals surface area (Å²) in [6, 6.07) is 12.0. The standard InChI is InChI=1S/C29H29Cl2N7O2/c30-18-12-19(31)14-21(13-18)36-29(40)35-20-4-1-3-17(11-20)26(39)24-15-38(28-25(24)27(32)33-16-34-28)23-7-9-37(10-8-23)22-5-2-6-22/h1,3-4,11-16,22-23H,2,5-10H2,(H2,32,33,34)(H2,35,36,40). The van der Waals surface area contributed by atoms with E-state index in [2.05, 4.69) is 30.1 Å². The molecule has 1 aliphatic carbocycles. The van der Waals surface area contributed by atoms with Crippen LogP contribution in [0, 0.1) is 0 Å². The summed E-state index contributed by atoms with van der Waals surface area (Å²) in [5, 5.41) is 6.82. The van der Waals surface area contributed by atoms with Crippen LogP contribution in [0.5, 0.6) is 0 Å². The number of piperidine rings is 1. The van der Waals surface area contributed by atoms with Crippen molar-refractivity contribution in [1.29, 1.82) is 0 Å². The van der Waals surface area contributed by atoms with Gasteiger partial charge in [-0.1, -0.05) is 41.8 Å². The van der Waals surface area contributed by atoms with Gasteiger partial charge in [-0.3, -0.25) is 4.79 Å². The number of fused-ring (bicyclic) bond motifs is 1. The first kappa shape index (κ1) is 26.6. The number of aromatic nitrogens is 3. The third-order valence-electron chi connectivity index (χ3n) is 7.87. The predicted molar refractivity (Wildman–Crippen MR) is 158 cm³/mol. The maximum Gasteiger partial charge on any atom is 0.323 e. The Morgan fingerprint density at radius 3 is 2.33 bits per heavy atom. The van der Waals surface area contributed by atoms with E-state index in [4.69, 9.17) is 28.9 Å². The zero-order valence-electron chi connectivity index (χ0n) is 21.7. The first-order chi connectivity index (χ1) is 19.4. The highest BCUT2D eigenvalue weighted by atomic mass is 35.5. The predicted octanol–water partition coefficient (Wildman–Crippen LogP) is 6.38. The van der Waals surface area contributed by atoms with Crippen molar-refractivity contribution in [3.05, 3.63) is 76.2 Å². The molecule has 0 spiro atoms. The Labute approximate surface area is 241 Å². The molecule has 2 amide bonds. The van der Waals surface area contributed by atoms with Crippen molar-refractivity contribution in [2.75, 3.05) is 29.5 Å². The number of nitrogen functional groups attached to an aromatic ring is 1. The maximum absolute atomic E-state index is 13.8. The summed E-state index contributed by atoms with van der Waals surface area (Å²) in [5.74, 6) is 0.0516. The molecule has 2 aromatic carbocycles. The second kappa shape index (κ2) is 11.1. The highest BCUT2D eigenvalue weighted by Gasteiger charge is 2.31. The summed E-state index contributed by atoms with van der Waals surface area (Å²) in [5.41, 5.74) is 8.71. The Bertz CT molecular complexity index is 1570. The fraction of sp³-hybridized carbons (Fsp3) is 0.310. The molecule has 11 heteroatoms. The summed E-state index contributed by atoms with van der Waals surface area (Å²) >= 11 is 12.0. The number of amides is 2. The molecule has 9 nitrogen and oxygen atoms in total. The van der Waals surface area contributed by atoms with E-state index in [0.717, 1.165) is 32.0 Å². The molecule has 6 rings (SSSR count). The number of ketones is 1. The molecule has 0 atom stereocenters. The minimum absolute atomic E-state index is 0.220. The molecular weight excluding hydrogens is 549 g/mol. The van der Waals surface area contributed by atoms with Crippen LogP contribution in [0.15, 0.2) is 55.0 Å². The van der Waals surface area contributed by atoms with Crippen LogP contribution in [0.25, 0.3) is 11.0 Å². The van der Waals surface area contributed by atoms with E-state index in [1.54, 1.807) is 42.5 Å². The average Bonchev–Trinajstić information content (AvgIpc) is 3.28. The first-order valence-corrected chi connectivity index (χ1v) is 14.2. The van der Waals surface area contributed by atoms with Crippen LogP contribution >= 0.6 is 23.2 Å². The number of halogens is 2. The Balaban J connectivity index is 1.23. The van der Waals surface area contributed by atoms with E-state index in [9.17, 15) is 9.59 Å². The normalized spacial score (nSPS) is 16.6. The van der Waals surface area contributed by atoms with Crippen LogP contribution in [0.2, 0.25) is 10.0 Å². The van der Waals surface area contributed by atoms with E-state index in [-0.39, 0.29) is 17.6 Å². The lowest BCUT2D eigenvalue weighted by atomic mass is 9.89. The van der Waals surface area contributed by atoms with Crippen LogP contribution in [0.3, 0.4) is 0 Å². The lowest BCUT2D eigenvalue weighted by molar-refractivity contribution is 0.0873. The molecule has 2 fully saturated rings. The number of benzene rings is 2. The van der Waals surface area contributed by atoms with Crippen molar-refractivity contribution < 1.29 is 9.59 Å². The second-order valence-corrected chi connectivity index (χ2v) is 11.3. The number of rotatable bonds is 6. The molecule has 1 saturated carbocycles. The van der Waals surface area contributed by atoms with Crippen molar-refractivity contribution in [3.63, 3.8) is 0 Å². The van der Waals surface area contributed by atoms with Crippen molar-refractivity contribution in [2.45, 2.75) is 44.2 Å². The molecule has 2 aliphatic rings. The van der Waals surface area contributed by atoms with Gasteiger partial charge < -0.3 is 25.8 Å². The number of nitrogens with zero attached hydrogens (tertiary/aromatic N) is 4. The van der Waals surface area contributed by atoms with Gasteiger partial charge in [0.15, 0.2) is 5.78 Å². The van der Waals surface area contributed by atoms with Crippen molar-refractivity contribution in [1.82, 2.24) is 19.4 Å². The van der Waals surface area contributed by atoms with Crippen molar-refractivity contribution in [3.8, 4) is 0 Å². The number of likely N-dealkylation sites (tertiary alicyclic amines) is 1. The van der Waals surface area contributed by atoms with Gasteiger partial charge in [-0.25, -0.2) is 14.8 Å². The molecule has 40 heavy (non-hydrogen) atoms. The lowest BCUT2D eigenvalue weighted by Gasteiger charge is -2.42. The number of carbonyl (C=O) groups is 2. The summed E-state index contributed by atoms with van der Waals surface area (Å²) in [7, 11) is 0. The Morgan fingerprint density at radius 1 is 0.900 bits per heavy atom. The van der Waals surface area contributed by atoms with Crippen LogP contribution in [-0.2, 0) is 0 Å². The molecule has 0 bridgehead atoms. The van der Waals surface area contributed by atoms with Crippen LogP contribution in [-0.4, -0.2) is 50.4 Å². The van der Waals surface area contributed by atoms with Crippen LogP contribution in [0.4, 0.5) is 22.0 Å². The zero-order chi connectivity index (χ0) is 27.8. The Morgan fingerprint density at radius 2 is 1.62 bits per heavy atom. The number of hydrogen-bond acceptors (Lipinski definition) is 6. The zero-order valence-corrected chi connectivity index (χ0v) is 23.3. The number of hydrogen-bond donors (Lipinski definition) is 3. The van der Waals surface area contributed by atoms with Crippen molar-refractivity contribution in [2.24, 2.45) is 0 Å². The molecule has 1 saturated heterocycles. The minimum Gasteiger partial charge on any atom is -0.383 e. The van der Waals surface area contributed by atoms with Crippen molar-refractivity contribution >= 4 is 63.2 Å². The van der Waals surface area contributed by atoms with Gasteiger partial charge in [0.05, 0.1) is 10.9 Å². The molecular formula is C29H29Cl2N7O2. The van der Waals surface area contributed by atoms with Gasteiger partial charge >= 0.3 is 6.03 Å². The largest absolute Gasteiger partial charge is 0.383 e. The third kappa shape index (κ3) is 5.37. The Kier molecular flexibility index (Phi) is 7.35. The van der Waals surface area contributed by atoms with Gasteiger partial charge in [0.1, 0.15) is 17.8 Å². The van der Waals surface area contributed by atoms with Gasteiger partial charge in [0.25, 0.3) is 0 Å².